The van der Waals surface area contributed by atoms with E-state index in [-0.39, 0.29) is 30.9 Å². The van der Waals surface area contributed by atoms with Crippen LogP contribution in [0.5, 0.6) is 0 Å². The van der Waals surface area contributed by atoms with Crippen LogP contribution in [-0.4, -0.2) is 88.1 Å². The Bertz CT molecular complexity index is 876. The molecule has 1 aromatic rings. The van der Waals surface area contributed by atoms with E-state index in [1.165, 1.54) is 4.90 Å². The van der Waals surface area contributed by atoms with Crippen molar-refractivity contribution in [2.24, 2.45) is 5.92 Å². The van der Waals surface area contributed by atoms with Crippen molar-refractivity contribution >= 4 is 24.0 Å². The molecule has 0 aliphatic carbocycles. The van der Waals surface area contributed by atoms with Crippen LogP contribution in [0.1, 0.15) is 46.6 Å². The van der Waals surface area contributed by atoms with E-state index in [2.05, 4.69) is 5.32 Å². The second-order valence-electron chi connectivity index (χ2n) is 10.1. The van der Waals surface area contributed by atoms with Crippen molar-refractivity contribution in [3.05, 3.63) is 35.9 Å². The summed E-state index contributed by atoms with van der Waals surface area (Å²) in [5.74, 6) is -0.385. The molecular formula is C25H38N4O6. The summed E-state index contributed by atoms with van der Waals surface area (Å²) < 4.78 is 5.12. The molecule has 0 aromatic heterocycles. The molecule has 1 saturated heterocycles. The number of piperazine rings is 1. The predicted molar refractivity (Wildman–Crippen MR) is 131 cm³/mol. The molecule has 1 fully saturated rings. The Morgan fingerprint density at radius 2 is 1.60 bits per heavy atom. The van der Waals surface area contributed by atoms with E-state index < -0.39 is 23.8 Å². The molecule has 1 heterocycles. The molecular weight excluding hydrogens is 452 g/mol. The van der Waals surface area contributed by atoms with Crippen molar-refractivity contribution in [3.8, 4) is 0 Å². The maximum atomic E-state index is 13.4. The number of amides is 4. The highest BCUT2D eigenvalue weighted by molar-refractivity contribution is 5.86. The number of ether oxygens (including phenoxy) is 1. The summed E-state index contributed by atoms with van der Waals surface area (Å²) in [6.45, 7) is 10.4. The van der Waals surface area contributed by atoms with Gasteiger partial charge in [-0.15, -0.1) is 0 Å². The maximum absolute atomic E-state index is 13.4. The summed E-state index contributed by atoms with van der Waals surface area (Å²) in [5, 5.41) is 12.3. The first-order chi connectivity index (χ1) is 16.4. The van der Waals surface area contributed by atoms with Crippen molar-refractivity contribution in [3.63, 3.8) is 0 Å². The van der Waals surface area contributed by atoms with E-state index in [0.29, 0.717) is 32.6 Å². The first-order valence-corrected chi connectivity index (χ1v) is 11.9. The fourth-order valence-corrected chi connectivity index (χ4v) is 4.07. The number of nitrogens with one attached hydrogen (secondary N) is 1. The van der Waals surface area contributed by atoms with Crippen LogP contribution in [-0.2, 0) is 20.9 Å². The molecule has 1 aromatic carbocycles. The molecule has 0 unspecified atom stereocenters. The van der Waals surface area contributed by atoms with Gasteiger partial charge in [0, 0.05) is 31.7 Å². The van der Waals surface area contributed by atoms with E-state index in [1.54, 1.807) is 30.6 Å². The first-order valence-electron chi connectivity index (χ1n) is 11.9. The third-order valence-electron chi connectivity index (χ3n) is 5.76. The number of hydrogen-bond acceptors (Lipinski definition) is 5. The zero-order valence-electron chi connectivity index (χ0n) is 21.3. The molecule has 4 amide bonds. The van der Waals surface area contributed by atoms with Gasteiger partial charge in [-0.2, -0.15) is 0 Å². The van der Waals surface area contributed by atoms with Crippen LogP contribution in [0.25, 0.3) is 0 Å². The molecule has 10 nitrogen and oxygen atoms in total. The van der Waals surface area contributed by atoms with Crippen molar-refractivity contribution in [1.82, 2.24) is 20.0 Å². The van der Waals surface area contributed by atoms with Gasteiger partial charge in [-0.25, -0.2) is 9.59 Å². The summed E-state index contributed by atoms with van der Waals surface area (Å²) in [6, 6.07) is 8.43. The summed E-state index contributed by atoms with van der Waals surface area (Å²) >= 11 is 0. The average molecular weight is 491 g/mol. The molecule has 0 saturated carbocycles. The minimum Gasteiger partial charge on any atom is -0.465 e. The van der Waals surface area contributed by atoms with E-state index in [9.17, 15) is 24.3 Å². The summed E-state index contributed by atoms with van der Waals surface area (Å²) in [7, 11) is 0. The molecule has 1 aliphatic rings. The third-order valence-corrected chi connectivity index (χ3v) is 5.76. The lowest BCUT2D eigenvalue weighted by atomic mass is 9.96. The van der Waals surface area contributed by atoms with Gasteiger partial charge in [0.2, 0.25) is 11.8 Å². The fraction of sp³-hybridized carbons (Fsp3) is 0.600. The molecule has 1 aliphatic heterocycles. The van der Waals surface area contributed by atoms with Crippen LogP contribution in [0.15, 0.2) is 30.3 Å². The Morgan fingerprint density at radius 1 is 1.03 bits per heavy atom. The average Bonchev–Trinajstić information content (AvgIpc) is 2.79. The summed E-state index contributed by atoms with van der Waals surface area (Å²) in [6.07, 6.45) is -1.39. The second-order valence-corrected chi connectivity index (χ2v) is 10.1. The van der Waals surface area contributed by atoms with Crippen molar-refractivity contribution < 1.29 is 29.0 Å². The number of hydrogen-bond donors (Lipinski definition) is 2. The number of carbonyl (C=O) groups is 4. The molecule has 2 rings (SSSR count). The number of carbonyl (C=O) groups excluding carboxylic acids is 3. The van der Waals surface area contributed by atoms with Gasteiger partial charge in [-0.1, -0.05) is 44.2 Å². The predicted octanol–water partition coefficient (Wildman–Crippen LogP) is 2.78. The quantitative estimate of drug-likeness (QED) is 0.578. The topological polar surface area (TPSA) is 119 Å². The number of alkyl carbamates (subject to hydrolysis) is 1. The Labute approximate surface area is 207 Å². The lowest BCUT2D eigenvalue weighted by Gasteiger charge is -2.43. The molecule has 0 bridgehead atoms. The minimum absolute atomic E-state index is 0.112. The van der Waals surface area contributed by atoms with E-state index >= 15 is 0 Å². The molecule has 1 atom stereocenters. The second kappa shape index (κ2) is 12.4. The van der Waals surface area contributed by atoms with Gasteiger partial charge in [-0.05, 0) is 38.7 Å². The smallest absolute Gasteiger partial charge is 0.408 e. The number of nitrogens with zero attached hydrogens (tertiary/aromatic N) is 3. The number of benzene rings is 1. The van der Waals surface area contributed by atoms with Gasteiger partial charge < -0.3 is 25.0 Å². The molecule has 2 N–H and O–H groups in total. The van der Waals surface area contributed by atoms with E-state index in [1.807, 2.05) is 44.2 Å². The molecule has 0 spiro atoms. The Balaban J connectivity index is 1.88. The lowest BCUT2D eigenvalue weighted by Crippen LogP contribution is -2.60. The van der Waals surface area contributed by atoms with Crippen molar-refractivity contribution in [1.29, 1.82) is 0 Å². The van der Waals surface area contributed by atoms with Gasteiger partial charge in [0.15, 0.2) is 0 Å². The number of carboxylic acid groups (broad SMARTS) is 1. The normalized spacial score (nSPS) is 14.9. The first kappa shape index (κ1) is 27.9. The van der Waals surface area contributed by atoms with E-state index in [0.717, 1.165) is 5.56 Å². The standard InChI is InChI=1S/C25H38N4O6/c1-18(2)15-20(29(24(33)34)25(3,4)5)22(31)28-13-11-27(12-14-28)21(30)16-26-23(32)35-17-19-9-7-6-8-10-19/h6-10,18,20H,11-17H2,1-5H3,(H,26,32)(H,33,34)/t20-/m0/s1. The van der Waals surface area contributed by atoms with Crippen LogP contribution >= 0.6 is 0 Å². The Hall–Kier alpha value is -3.30. The Kier molecular flexibility index (Phi) is 9.91. The Morgan fingerprint density at radius 3 is 2.11 bits per heavy atom. The van der Waals surface area contributed by atoms with Crippen LogP contribution in [0, 0.1) is 5.92 Å². The fourth-order valence-electron chi connectivity index (χ4n) is 4.07. The monoisotopic (exact) mass is 490 g/mol. The van der Waals surface area contributed by atoms with Gasteiger partial charge in [0.1, 0.15) is 19.2 Å². The summed E-state index contributed by atoms with van der Waals surface area (Å²) in [5.41, 5.74) is 0.109. The molecule has 35 heavy (non-hydrogen) atoms. The van der Waals surface area contributed by atoms with Gasteiger partial charge >= 0.3 is 12.2 Å². The van der Waals surface area contributed by atoms with Crippen LogP contribution in [0.4, 0.5) is 9.59 Å². The highest BCUT2D eigenvalue weighted by Gasteiger charge is 2.40. The summed E-state index contributed by atoms with van der Waals surface area (Å²) in [4.78, 5) is 54.2. The van der Waals surface area contributed by atoms with E-state index in [4.69, 9.17) is 4.74 Å². The minimum atomic E-state index is -1.13. The van der Waals surface area contributed by atoms with Crippen molar-refractivity contribution in [2.45, 2.75) is 59.2 Å². The SMILES string of the molecule is CC(C)C[C@@H](C(=O)N1CCN(C(=O)CNC(=O)OCc2ccccc2)CC1)N(C(=O)O)C(C)(C)C. The van der Waals surface area contributed by atoms with Gasteiger partial charge in [0.25, 0.3) is 0 Å². The lowest BCUT2D eigenvalue weighted by molar-refractivity contribution is -0.144. The third kappa shape index (κ3) is 8.45. The highest BCUT2D eigenvalue weighted by atomic mass is 16.5. The van der Waals surface area contributed by atoms with Crippen molar-refractivity contribution in [2.75, 3.05) is 32.7 Å². The molecule has 10 heteroatoms. The van der Waals surface area contributed by atoms with Crippen LogP contribution in [0.3, 0.4) is 0 Å². The largest absolute Gasteiger partial charge is 0.465 e. The van der Waals surface area contributed by atoms with Gasteiger partial charge in [-0.3, -0.25) is 14.5 Å². The van der Waals surface area contributed by atoms with Gasteiger partial charge in [0.05, 0.1) is 0 Å². The van der Waals surface area contributed by atoms with Crippen LogP contribution < -0.4 is 5.32 Å². The molecule has 0 radical (unpaired) electrons. The molecule has 194 valence electrons. The zero-order valence-corrected chi connectivity index (χ0v) is 21.3. The van der Waals surface area contributed by atoms with Crippen LogP contribution in [0.2, 0.25) is 0 Å². The number of rotatable bonds is 8. The highest BCUT2D eigenvalue weighted by Crippen LogP contribution is 2.24. The zero-order chi connectivity index (χ0) is 26.2. The maximum Gasteiger partial charge on any atom is 0.408 e.